The number of hydrogen-bond donors (Lipinski definition) is 0. The molecule has 0 bridgehead atoms. The normalized spacial score (nSPS) is 17.7. The van der Waals surface area contributed by atoms with Gasteiger partial charge < -0.3 is 14.0 Å². The Balaban J connectivity index is 1.96. The highest BCUT2D eigenvalue weighted by Crippen LogP contribution is 2.25. The quantitative estimate of drug-likeness (QED) is 0.836. The molecule has 5 nitrogen and oxygen atoms in total. The Morgan fingerprint density at radius 3 is 2.45 bits per heavy atom. The minimum absolute atomic E-state index is 0.0211. The Hall–Kier alpha value is -1.20. The summed E-state index contributed by atoms with van der Waals surface area (Å²) >= 11 is 0. The highest BCUT2D eigenvalue weighted by Gasteiger charge is 2.33. The van der Waals surface area contributed by atoms with Crippen molar-refractivity contribution in [3.05, 3.63) is 17.5 Å². The summed E-state index contributed by atoms with van der Waals surface area (Å²) in [5.74, 6) is 0.811. The third kappa shape index (κ3) is 4.40. The van der Waals surface area contributed by atoms with Crippen LogP contribution in [-0.2, 0) is 26.1 Å². The van der Waals surface area contributed by atoms with Crippen molar-refractivity contribution in [1.29, 1.82) is 0 Å². The first-order chi connectivity index (χ1) is 10.2. The molecule has 1 aromatic rings. The monoisotopic (exact) mass is 309 g/mol. The molecule has 22 heavy (non-hydrogen) atoms. The Morgan fingerprint density at radius 2 is 1.91 bits per heavy atom. The molecule has 0 radical (unpaired) electrons. The van der Waals surface area contributed by atoms with Gasteiger partial charge in [0.2, 0.25) is 0 Å². The van der Waals surface area contributed by atoms with Crippen LogP contribution < -0.4 is 0 Å². The van der Waals surface area contributed by atoms with Crippen LogP contribution in [0.3, 0.4) is 0 Å². The summed E-state index contributed by atoms with van der Waals surface area (Å²) < 4.78 is 16.6. The molecule has 0 spiro atoms. The molecule has 1 saturated heterocycles. The van der Waals surface area contributed by atoms with E-state index in [0.717, 1.165) is 18.6 Å². The molecule has 1 aromatic heterocycles. The van der Waals surface area contributed by atoms with Gasteiger partial charge in [0.05, 0.1) is 18.2 Å². The molecule has 0 aliphatic carbocycles. The maximum atomic E-state index is 12.5. The van der Waals surface area contributed by atoms with Gasteiger partial charge >= 0.3 is 0 Å². The molecule has 1 aliphatic rings. The molecule has 0 atom stereocenters. The number of ketones is 1. The molecule has 0 unspecified atom stereocenters. The van der Waals surface area contributed by atoms with E-state index in [9.17, 15) is 4.79 Å². The lowest BCUT2D eigenvalue weighted by Gasteiger charge is -2.31. The summed E-state index contributed by atoms with van der Waals surface area (Å²) in [6.07, 6.45) is 2.01. The second-order valence-electron chi connectivity index (χ2n) is 7.47. The standard InChI is InChI=1S/C17H27NO4/c1-16(2,3)15-11-12(18-22-15)10-14(19)17(4,5)21-13-6-8-20-9-7-13/h11,13H,6-10H2,1-5H3. The number of Topliss-reactive ketones (excluding diaryl/α,β-unsaturated/α-hetero) is 1. The largest absolute Gasteiger partial charge is 0.381 e. The average Bonchev–Trinajstić information content (AvgIpc) is 2.88. The molecule has 0 N–H and O–H groups in total. The smallest absolute Gasteiger partial charge is 0.170 e. The number of carbonyl (C=O) groups excluding carboxylic acids is 1. The fourth-order valence-electron chi connectivity index (χ4n) is 2.40. The van der Waals surface area contributed by atoms with Crippen LogP contribution in [0.4, 0.5) is 0 Å². The third-order valence-corrected chi connectivity index (χ3v) is 3.94. The fraction of sp³-hybridized carbons (Fsp3) is 0.765. The highest BCUT2D eigenvalue weighted by atomic mass is 16.5. The number of carbonyl (C=O) groups is 1. The van der Waals surface area contributed by atoms with Crippen LogP contribution in [0.2, 0.25) is 0 Å². The van der Waals surface area contributed by atoms with Crippen molar-refractivity contribution >= 4 is 5.78 Å². The van der Waals surface area contributed by atoms with Gasteiger partial charge in [-0.1, -0.05) is 25.9 Å². The summed E-state index contributed by atoms with van der Waals surface area (Å²) in [6.45, 7) is 11.2. The Morgan fingerprint density at radius 1 is 1.27 bits per heavy atom. The van der Waals surface area contributed by atoms with Gasteiger partial charge in [0.15, 0.2) is 5.78 Å². The van der Waals surface area contributed by atoms with E-state index >= 15 is 0 Å². The van der Waals surface area contributed by atoms with Gasteiger partial charge in [0, 0.05) is 24.7 Å². The zero-order chi connectivity index (χ0) is 16.4. The minimum atomic E-state index is -0.817. The van der Waals surface area contributed by atoms with Gasteiger partial charge in [-0.3, -0.25) is 4.79 Å². The van der Waals surface area contributed by atoms with Crippen LogP contribution in [0.15, 0.2) is 10.6 Å². The summed E-state index contributed by atoms with van der Waals surface area (Å²) in [5.41, 5.74) is -0.260. The predicted molar refractivity (Wildman–Crippen MR) is 82.9 cm³/mol. The van der Waals surface area contributed by atoms with Gasteiger partial charge in [-0.05, 0) is 26.7 Å². The molecule has 2 heterocycles. The minimum Gasteiger partial charge on any atom is -0.381 e. The van der Waals surface area contributed by atoms with E-state index in [0.29, 0.717) is 18.9 Å². The summed E-state index contributed by atoms with van der Waals surface area (Å²) in [6, 6.07) is 1.86. The fourth-order valence-corrected chi connectivity index (χ4v) is 2.40. The van der Waals surface area contributed by atoms with Gasteiger partial charge in [0.1, 0.15) is 11.4 Å². The molecule has 0 amide bonds. The first kappa shape index (κ1) is 17.2. The lowest BCUT2D eigenvalue weighted by Crippen LogP contribution is -2.41. The van der Waals surface area contributed by atoms with Gasteiger partial charge in [0.25, 0.3) is 0 Å². The van der Waals surface area contributed by atoms with Crippen molar-refractivity contribution in [1.82, 2.24) is 5.16 Å². The highest BCUT2D eigenvalue weighted by molar-refractivity contribution is 5.88. The predicted octanol–water partition coefficient (Wildman–Crippen LogP) is 3.06. The zero-order valence-corrected chi connectivity index (χ0v) is 14.3. The van der Waals surface area contributed by atoms with E-state index in [1.165, 1.54) is 0 Å². The number of hydrogen-bond acceptors (Lipinski definition) is 5. The van der Waals surface area contributed by atoms with E-state index in [1.54, 1.807) is 0 Å². The van der Waals surface area contributed by atoms with E-state index in [-0.39, 0.29) is 23.7 Å². The van der Waals surface area contributed by atoms with Crippen LogP contribution in [0.1, 0.15) is 58.9 Å². The van der Waals surface area contributed by atoms with E-state index < -0.39 is 5.60 Å². The maximum Gasteiger partial charge on any atom is 0.170 e. The second kappa shape index (κ2) is 6.50. The Bertz CT molecular complexity index is 507. The van der Waals surface area contributed by atoms with E-state index in [4.69, 9.17) is 14.0 Å². The number of ether oxygens (including phenoxy) is 2. The molecule has 0 saturated carbocycles. The van der Waals surface area contributed by atoms with E-state index in [2.05, 4.69) is 25.9 Å². The van der Waals surface area contributed by atoms with Gasteiger partial charge in [-0.2, -0.15) is 0 Å². The summed E-state index contributed by atoms with van der Waals surface area (Å²) in [5, 5.41) is 4.01. The van der Waals surface area contributed by atoms with Gasteiger partial charge in [-0.25, -0.2) is 0 Å². The lowest BCUT2D eigenvalue weighted by molar-refractivity contribution is -0.153. The van der Waals surface area contributed by atoms with Gasteiger partial charge in [-0.15, -0.1) is 0 Å². The van der Waals surface area contributed by atoms with Crippen LogP contribution >= 0.6 is 0 Å². The van der Waals surface area contributed by atoms with Crippen molar-refractivity contribution in [2.45, 2.75) is 71.0 Å². The summed E-state index contributed by atoms with van der Waals surface area (Å²) in [4.78, 5) is 12.5. The topological polar surface area (TPSA) is 61.6 Å². The molecule has 5 heteroatoms. The number of nitrogens with zero attached hydrogens (tertiary/aromatic N) is 1. The van der Waals surface area contributed by atoms with Crippen molar-refractivity contribution in [2.75, 3.05) is 13.2 Å². The molecular formula is C17H27NO4. The third-order valence-electron chi connectivity index (χ3n) is 3.94. The lowest BCUT2D eigenvalue weighted by atomic mass is 9.92. The van der Waals surface area contributed by atoms with Crippen molar-refractivity contribution in [3.8, 4) is 0 Å². The first-order valence-electron chi connectivity index (χ1n) is 7.93. The van der Waals surface area contributed by atoms with E-state index in [1.807, 2.05) is 19.9 Å². The summed E-state index contributed by atoms with van der Waals surface area (Å²) in [7, 11) is 0. The molecule has 0 aromatic carbocycles. The van der Waals surface area contributed by atoms with Crippen LogP contribution in [0.5, 0.6) is 0 Å². The zero-order valence-electron chi connectivity index (χ0n) is 14.3. The molecule has 1 aliphatic heterocycles. The molecule has 124 valence electrons. The van der Waals surface area contributed by atoms with Crippen molar-refractivity contribution in [3.63, 3.8) is 0 Å². The SMILES string of the molecule is CC(C)(OC1CCOCC1)C(=O)Cc1cc(C(C)(C)C)on1. The van der Waals surface area contributed by atoms with Crippen LogP contribution in [0, 0.1) is 0 Å². The molecular weight excluding hydrogens is 282 g/mol. The van der Waals surface area contributed by atoms with Crippen molar-refractivity contribution < 1.29 is 18.8 Å². The molecule has 2 rings (SSSR count). The maximum absolute atomic E-state index is 12.5. The number of aromatic nitrogens is 1. The Labute approximate surface area is 132 Å². The van der Waals surface area contributed by atoms with Crippen LogP contribution in [-0.4, -0.2) is 35.9 Å². The second-order valence-corrected chi connectivity index (χ2v) is 7.47. The van der Waals surface area contributed by atoms with Crippen LogP contribution in [0.25, 0.3) is 0 Å². The van der Waals surface area contributed by atoms with Crippen molar-refractivity contribution in [2.24, 2.45) is 0 Å². The average molecular weight is 309 g/mol. The Kier molecular flexibility index (Phi) is 5.07. The number of rotatable bonds is 5. The molecule has 1 fully saturated rings. The first-order valence-corrected chi connectivity index (χ1v) is 7.93.